The molecule has 0 unspecified atom stereocenters. The maximum Gasteiger partial charge on any atom is 0.354 e. The predicted molar refractivity (Wildman–Crippen MR) is 57.4 cm³/mol. The average molecular weight is 222 g/mol. The number of benzene rings is 1. The monoisotopic (exact) mass is 221 g/mol. The van der Waals surface area contributed by atoms with Gasteiger partial charge in [0.1, 0.15) is 12.7 Å². The molecule has 0 N–H and O–H groups in total. The van der Waals surface area contributed by atoms with Crippen LogP contribution in [-0.2, 0) is 0 Å². The number of aromatic nitrogens is 3. The van der Waals surface area contributed by atoms with Gasteiger partial charge in [-0.2, -0.15) is 4.98 Å². The third-order valence-electron chi connectivity index (χ3n) is 2.05. The van der Waals surface area contributed by atoms with Gasteiger partial charge in [0.25, 0.3) is 0 Å². The van der Waals surface area contributed by atoms with Crippen LogP contribution in [0.4, 0.5) is 0 Å². The van der Waals surface area contributed by atoms with E-state index in [-0.39, 0.29) is 0 Å². The Morgan fingerprint density at radius 1 is 1.40 bits per heavy atom. The number of rotatable bonds is 1. The van der Waals surface area contributed by atoms with E-state index >= 15 is 0 Å². The molecule has 0 amide bonds. The second-order valence-corrected chi connectivity index (χ2v) is 3.45. The van der Waals surface area contributed by atoms with E-state index in [0.29, 0.717) is 10.7 Å². The number of nitrogens with zero attached hydrogens (tertiary/aromatic N) is 3. The average Bonchev–Trinajstić information content (AvgIpc) is 2.23. The molecule has 0 aliphatic heterocycles. The maximum absolute atomic E-state index is 11.4. The molecule has 4 nitrogen and oxygen atoms in total. The van der Waals surface area contributed by atoms with Gasteiger partial charge in [0.15, 0.2) is 0 Å². The van der Waals surface area contributed by atoms with E-state index in [0.717, 1.165) is 5.56 Å². The minimum absolute atomic E-state index is 0.391. The molecule has 2 rings (SSSR count). The van der Waals surface area contributed by atoms with Crippen LogP contribution in [0.2, 0.25) is 5.02 Å². The molecule has 0 bridgehead atoms. The zero-order valence-corrected chi connectivity index (χ0v) is 8.77. The summed E-state index contributed by atoms with van der Waals surface area (Å²) in [5, 5.41) is 0.536. The second-order valence-electron chi connectivity index (χ2n) is 3.07. The molecule has 1 aromatic carbocycles. The SMILES string of the molecule is Cc1cccc(-n2cncnc2=O)c1Cl. The Bertz CT molecular complexity index is 550. The molecule has 15 heavy (non-hydrogen) atoms. The summed E-state index contributed by atoms with van der Waals surface area (Å²) in [6, 6.07) is 5.46. The Balaban J connectivity index is 2.70. The molecular formula is C10H8ClN3O. The summed E-state index contributed by atoms with van der Waals surface area (Å²) in [6.07, 6.45) is 2.61. The van der Waals surface area contributed by atoms with Gasteiger partial charge in [0.05, 0.1) is 10.7 Å². The molecular weight excluding hydrogens is 214 g/mol. The molecule has 2 aromatic rings. The van der Waals surface area contributed by atoms with E-state index in [1.165, 1.54) is 17.2 Å². The van der Waals surface area contributed by atoms with Crippen LogP contribution in [0, 0.1) is 6.92 Å². The molecule has 0 atom stereocenters. The van der Waals surface area contributed by atoms with Gasteiger partial charge >= 0.3 is 5.69 Å². The van der Waals surface area contributed by atoms with E-state index in [2.05, 4.69) is 9.97 Å². The number of aryl methyl sites for hydroxylation is 1. The predicted octanol–water partition coefficient (Wildman–Crippen LogP) is 1.59. The quantitative estimate of drug-likeness (QED) is 0.735. The van der Waals surface area contributed by atoms with Gasteiger partial charge in [-0.15, -0.1) is 0 Å². The van der Waals surface area contributed by atoms with Crippen molar-refractivity contribution in [3.63, 3.8) is 0 Å². The fourth-order valence-electron chi connectivity index (χ4n) is 1.27. The first-order chi connectivity index (χ1) is 7.20. The zero-order chi connectivity index (χ0) is 10.8. The molecule has 76 valence electrons. The lowest BCUT2D eigenvalue weighted by molar-refractivity contribution is 0.857. The lowest BCUT2D eigenvalue weighted by Crippen LogP contribution is -2.21. The van der Waals surface area contributed by atoms with E-state index in [1.54, 1.807) is 6.07 Å². The van der Waals surface area contributed by atoms with Crippen LogP contribution >= 0.6 is 11.6 Å². The van der Waals surface area contributed by atoms with Gasteiger partial charge in [-0.25, -0.2) is 14.3 Å². The first kappa shape index (κ1) is 9.86. The fraction of sp³-hybridized carbons (Fsp3) is 0.100. The molecule has 1 aromatic heterocycles. The fourth-order valence-corrected chi connectivity index (χ4v) is 1.49. The van der Waals surface area contributed by atoms with Crippen LogP contribution in [0.15, 0.2) is 35.6 Å². The van der Waals surface area contributed by atoms with Crippen LogP contribution < -0.4 is 5.69 Å². The number of hydrogen-bond donors (Lipinski definition) is 0. The van der Waals surface area contributed by atoms with Crippen molar-refractivity contribution in [2.75, 3.05) is 0 Å². The Kier molecular flexibility index (Phi) is 2.51. The Labute approximate surface area is 91.2 Å². The molecule has 5 heteroatoms. The highest BCUT2D eigenvalue weighted by molar-refractivity contribution is 6.33. The van der Waals surface area contributed by atoms with E-state index in [1.807, 2.05) is 19.1 Å². The van der Waals surface area contributed by atoms with Crippen molar-refractivity contribution in [3.8, 4) is 5.69 Å². The summed E-state index contributed by atoms with van der Waals surface area (Å²) in [5.74, 6) is 0. The van der Waals surface area contributed by atoms with Crippen molar-refractivity contribution in [1.29, 1.82) is 0 Å². The van der Waals surface area contributed by atoms with Crippen molar-refractivity contribution in [2.45, 2.75) is 6.92 Å². The number of halogens is 1. The third-order valence-corrected chi connectivity index (χ3v) is 2.55. The molecule has 0 radical (unpaired) electrons. The van der Waals surface area contributed by atoms with Crippen molar-refractivity contribution in [1.82, 2.24) is 14.5 Å². The van der Waals surface area contributed by atoms with Crippen molar-refractivity contribution in [2.24, 2.45) is 0 Å². The summed E-state index contributed by atoms with van der Waals surface area (Å²) >= 11 is 6.08. The Hall–Kier alpha value is -1.68. The third kappa shape index (κ3) is 1.76. The highest BCUT2D eigenvalue weighted by Crippen LogP contribution is 2.22. The summed E-state index contributed by atoms with van der Waals surface area (Å²) in [7, 11) is 0. The van der Waals surface area contributed by atoms with Gasteiger partial charge in [0.2, 0.25) is 0 Å². The summed E-state index contributed by atoms with van der Waals surface area (Å²) in [6.45, 7) is 1.88. The standard InChI is InChI=1S/C10H8ClN3O/c1-7-3-2-4-8(9(7)11)14-6-12-5-13-10(14)15/h2-6H,1H3. The van der Waals surface area contributed by atoms with Crippen LogP contribution in [0.3, 0.4) is 0 Å². The van der Waals surface area contributed by atoms with Gasteiger partial charge in [-0.1, -0.05) is 23.7 Å². The van der Waals surface area contributed by atoms with E-state index in [9.17, 15) is 4.79 Å². The van der Waals surface area contributed by atoms with Crippen LogP contribution in [0.1, 0.15) is 5.56 Å². The number of hydrogen-bond acceptors (Lipinski definition) is 3. The minimum Gasteiger partial charge on any atom is -0.249 e. The normalized spacial score (nSPS) is 10.3. The van der Waals surface area contributed by atoms with E-state index in [4.69, 9.17) is 11.6 Å². The zero-order valence-electron chi connectivity index (χ0n) is 8.01. The minimum atomic E-state index is -0.391. The second kappa shape index (κ2) is 3.82. The van der Waals surface area contributed by atoms with Crippen LogP contribution in [0.5, 0.6) is 0 Å². The summed E-state index contributed by atoms with van der Waals surface area (Å²) < 4.78 is 1.31. The lowest BCUT2D eigenvalue weighted by Gasteiger charge is -2.07. The lowest BCUT2D eigenvalue weighted by atomic mass is 10.2. The van der Waals surface area contributed by atoms with Crippen molar-refractivity contribution < 1.29 is 0 Å². The largest absolute Gasteiger partial charge is 0.354 e. The van der Waals surface area contributed by atoms with Gasteiger partial charge in [0, 0.05) is 0 Å². The summed E-state index contributed by atoms with van der Waals surface area (Å²) in [4.78, 5) is 18.8. The smallest absolute Gasteiger partial charge is 0.249 e. The van der Waals surface area contributed by atoms with Crippen molar-refractivity contribution in [3.05, 3.63) is 51.9 Å². The topological polar surface area (TPSA) is 47.8 Å². The molecule has 0 aliphatic carbocycles. The molecule has 0 saturated heterocycles. The van der Waals surface area contributed by atoms with Gasteiger partial charge in [-0.3, -0.25) is 0 Å². The highest BCUT2D eigenvalue weighted by atomic mass is 35.5. The molecule has 0 spiro atoms. The first-order valence-electron chi connectivity index (χ1n) is 4.34. The Morgan fingerprint density at radius 2 is 2.20 bits per heavy atom. The van der Waals surface area contributed by atoms with Crippen molar-refractivity contribution >= 4 is 11.6 Å². The van der Waals surface area contributed by atoms with Crippen LogP contribution in [0.25, 0.3) is 5.69 Å². The maximum atomic E-state index is 11.4. The molecule has 0 fully saturated rings. The summed E-state index contributed by atoms with van der Waals surface area (Å²) in [5.41, 5.74) is 1.12. The first-order valence-corrected chi connectivity index (χ1v) is 4.72. The molecule has 1 heterocycles. The van der Waals surface area contributed by atoms with Gasteiger partial charge < -0.3 is 0 Å². The van der Waals surface area contributed by atoms with E-state index < -0.39 is 5.69 Å². The molecule has 0 saturated carbocycles. The Morgan fingerprint density at radius 3 is 2.93 bits per heavy atom. The van der Waals surface area contributed by atoms with Gasteiger partial charge in [-0.05, 0) is 18.6 Å². The van der Waals surface area contributed by atoms with Crippen LogP contribution in [-0.4, -0.2) is 14.5 Å². The molecule has 0 aliphatic rings. The highest BCUT2D eigenvalue weighted by Gasteiger charge is 2.06.